The van der Waals surface area contributed by atoms with E-state index in [0.29, 0.717) is 48.4 Å². The Kier molecular flexibility index (Phi) is 9.11. The van der Waals surface area contributed by atoms with Gasteiger partial charge in [0.1, 0.15) is 29.6 Å². The molecular weight excluding hydrogens is 582 g/mol. The van der Waals surface area contributed by atoms with Crippen LogP contribution in [0.2, 0.25) is 0 Å². The summed E-state index contributed by atoms with van der Waals surface area (Å²) in [5, 5.41) is 21.9. The number of aromatic nitrogens is 4. The number of aliphatic hydroxyl groups is 1. The minimum Gasteiger partial charge on any atom is -0.489 e. The fourth-order valence-corrected chi connectivity index (χ4v) is 5.32. The first kappa shape index (κ1) is 32.3. The van der Waals surface area contributed by atoms with Gasteiger partial charge in [-0.25, -0.2) is 14.1 Å². The normalized spacial score (nSPS) is 18.8. The Labute approximate surface area is 262 Å². The quantitative estimate of drug-likeness (QED) is 0.305. The van der Waals surface area contributed by atoms with E-state index in [1.807, 2.05) is 12.1 Å². The average molecular weight is 626 g/mol. The molecule has 5 rings (SSSR count). The van der Waals surface area contributed by atoms with Gasteiger partial charge in [0, 0.05) is 12.0 Å². The minimum absolute atomic E-state index is 0.0149. The molecule has 0 unspecified atom stereocenters. The number of nitrogens with zero attached hydrogens (tertiary/aromatic N) is 4. The molecule has 2 saturated carbocycles. The predicted molar refractivity (Wildman–Crippen MR) is 163 cm³/mol. The average Bonchev–Trinajstić information content (AvgIpc) is 3.55. The van der Waals surface area contributed by atoms with E-state index < -0.39 is 23.3 Å². The summed E-state index contributed by atoms with van der Waals surface area (Å²) in [4.78, 5) is 38.8. The highest BCUT2D eigenvalue weighted by molar-refractivity contribution is 6.01. The van der Waals surface area contributed by atoms with Crippen molar-refractivity contribution in [2.75, 3.05) is 13.2 Å². The first-order valence-electron chi connectivity index (χ1n) is 15.6. The lowest BCUT2D eigenvalue weighted by molar-refractivity contribution is 0.0279. The summed E-state index contributed by atoms with van der Waals surface area (Å²) in [5.41, 5.74) is 0.395. The zero-order chi connectivity index (χ0) is 32.5. The molecule has 244 valence electrons. The molecule has 0 spiro atoms. The molecule has 0 atom stereocenters. The smallest absolute Gasteiger partial charge is 0.438 e. The second-order valence-corrected chi connectivity index (χ2v) is 13.4. The van der Waals surface area contributed by atoms with Crippen molar-refractivity contribution in [2.45, 2.75) is 109 Å². The van der Waals surface area contributed by atoms with Crippen LogP contribution in [-0.2, 0) is 9.47 Å². The van der Waals surface area contributed by atoms with Crippen molar-refractivity contribution in [3.63, 3.8) is 0 Å². The first-order valence-corrected chi connectivity index (χ1v) is 15.6. The molecule has 13 nitrogen and oxygen atoms in total. The maximum absolute atomic E-state index is 13.4. The SMILES string of the molecule is CCOC(=O)c1cnn(C(=O)OC(C)(C)C)c1O[C@H]1CC[C@H](NC(=O)c2cnn3c(C4CC4)c(OCC(C)(C)O)ccc23)CC1. The van der Waals surface area contributed by atoms with E-state index in [-0.39, 0.29) is 42.7 Å². The zero-order valence-corrected chi connectivity index (χ0v) is 26.8. The van der Waals surface area contributed by atoms with E-state index in [2.05, 4.69) is 15.5 Å². The van der Waals surface area contributed by atoms with Crippen molar-refractivity contribution in [3.05, 3.63) is 41.3 Å². The van der Waals surface area contributed by atoms with E-state index in [9.17, 15) is 19.5 Å². The van der Waals surface area contributed by atoms with Gasteiger partial charge in [0.05, 0.1) is 41.4 Å². The summed E-state index contributed by atoms with van der Waals surface area (Å²) >= 11 is 0. The molecule has 2 N–H and O–H groups in total. The van der Waals surface area contributed by atoms with Gasteiger partial charge < -0.3 is 29.4 Å². The van der Waals surface area contributed by atoms with Crippen LogP contribution in [0.5, 0.6) is 11.6 Å². The van der Waals surface area contributed by atoms with Crippen LogP contribution in [0.3, 0.4) is 0 Å². The standard InChI is InChI=1S/C32H43N5O8/c1-7-42-29(39)23-17-34-37(30(40)45-31(2,3)4)28(23)44-21-12-10-20(11-13-21)35-27(38)22-16-33-36-24(22)14-15-25(26(36)19-8-9-19)43-18-32(5,6)41/h14-17,19-21,41H,7-13,18H2,1-6H3,(H,35,38)/t20-,21-. The maximum atomic E-state index is 13.4. The summed E-state index contributed by atoms with van der Waals surface area (Å²) in [6.07, 6.45) is 6.21. The Morgan fingerprint density at radius 2 is 1.67 bits per heavy atom. The number of hydrogen-bond acceptors (Lipinski definition) is 10. The molecule has 0 radical (unpaired) electrons. The Bertz CT molecular complexity index is 1550. The van der Waals surface area contributed by atoms with Gasteiger partial charge in [0.25, 0.3) is 5.91 Å². The van der Waals surface area contributed by atoms with Crippen molar-refractivity contribution in [1.82, 2.24) is 24.7 Å². The Morgan fingerprint density at radius 1 is 0.978 bits per heavy atom. The van der Waals surface area contributed by atoms with Gasteiger partial charge in [-0.15, -0.1) is 4.68 Å². The number of carbonyl (C=O) groups is 3. The van der Waals surface area contributed by atoms with Crippen LogP contribution in [0.1, 0.15) is 112 Å². The lowest BCUT2D eigenvalue weighted by Gasteiger charge is -2.29. The van der Waals surface area contributed by atoms with Crippen molar-refractivity contribution in [2.24, 2.45) is 0 Å². The monoisotopic (exact) mass is 625 g/mol. The molecule has 45 heavy (non-hydrogen) atoms. The van der Waals surface area contributed by atoms with Crippen molar-refractivity contribution < 1.29 is 38.4 Å². The van der Waals surface area contributed by atoms with Crippen molar-refractivity contribution in [1.29, 1.82) is 0 Å². The number of hydrogen-bond donors (Lipinski definition) is 2. The van der Waals surface area contributed by atoms with Crippen LogP contribution in [0, 0.1) is 0 Å². The van der Waals surface area contributed by atoms with Crippen LogP contribution in [0.4, 0.5) is 4.79 Å². The van der Waals surface area contributed by atoms with E-state index in [1.165, 1.54) is 6.20 Å². The van der Waals surface area contributed by atoms with Gasteiger partial charge in [-0.2, -0.15) is 10.2 Å². The van der Waals surface area contributed by atoms with E-state index in [1.54, 1.807) is 52.3 Å². The zero-order valence-electron chi connectivity index (χ0n) is 26.8. The predicted octanol–water partition coefficient (Wildman–Crippen LogP) is 4.64. The highest BCUT2D eigenvalue weighted by Gasteiger charge is 2.33. The van der Waals surface area contributed by atoms with Crippen LogP contribution in [-0.4, -0.2) is 79.0 Å². The number of esters is 1. The van der Waals surface area contributed by atoms with Gasteiger partial charge in [-0.1, -0.05) is 0 Å². The molecule has 1 amide bonds. The van der Waals surface area contributed by atoms with Gasteiger partial charge in [0.2, 0.25) is 5.88 Å². The number of pyridine rings is 1. The number of amides is 1. The lowest BCUT2D eigenvalue weighted by atomic mass is 9.92. The molecular formula is C32H43N5O8. The van der Waals surface area contributed by atoms with Gasteiger partial charge in [0.15, 0.2) is 0 Å². The van der Waals surface area contributed by atoms with Crippen LogP contribution in [0.25, 0.3) is 5.52 Å². The van der Waals surface area contributed by atoms with Crippen molar-refractivity contribution >= 4 is 23.5 Å². The molecule has 0 aromatic carbocycles. The second kappa shape index (κ2) is 12.7. The van der Waals surface area contributed by atoms with Crippen LogP contribution in [0.15, 0.2) is 24.5 Å². The molecule has 0 aliphatic heterocycles. The van der Waals surface area contributed by atoms with Gasteiger partial charge in [-0.05, 0) is 92.2 Å². The topological polar surface area (TPSA) is 156 Å². The molecule has 3 heterocycles. The van der Waals surface area contributed by atoms with Crippen molar-refractivity contribution in [3.8, 4) is 11.6 Å². The fourth-order valence-electron chi connectivity index (χ4n) is 5.32. The highest BCUT2D eigenvalue weighted by Crippen LogP contribution is 2.44. The van der Waals surface area contributed by atoms with Gasteiger partial charge in [-0.3, -0.25) is 4.79 Å². The molecule has 3 aromatic heterocycles. The maximum Gasteiger partial charge on any atom is 0.438 e. The number of rotatable bonds is 10. The number of nitrogens with one attached hydrogen (secondary N) is 1. The minimum atomic E-state index is -0.975. The summed E-state index contributed by atoms with van der Waals surface area (Å²) < 4.78 is 25.4. The molecule has 2 fully saturated rings. The number of ether oxygens (including phenoxy) is 4. The Hall–Kier alpha value is -4.13. The highest BCUT2D eigenvalue weighted by atomic mass is 16.6. The third-order valence-corrected chi connectivity index (χ3v) is 7.54. The number of carbonyl (C=O) groups excluding carboxylic acids is 3. The molecule has 2 aliphatic rings. The summed E-state index contributed by atoms with van der Waals surface area (Å²) in [7, 11) is 0. The summed E-state index contributed by atoms with van der Waals surface area (Å²) in [6, 6.07) is 3.58. The largest absolute Gasteiger partial charge is 0.489 e. The second-order valence-electron chi connectivity index (χ2n) is 13.4. The third-order valence-electron chi connectivity index (χ3n) is 7.54. The van der Waals surface area contributed by atoms with Crippen LogP contribution >= 0.6 is 0 Å². The van der Waals surface area contributed by atoms with E-state index in [4.69, 9.17) is 18.9 Å². The fraction of sp³-hybridized carbons (Fsp3) is 0.594. The first-order chi connectivity index (χ1) is 21.2. The molecule has 0 bridgehead atoms. The van der Waals surface area contributed by atoms with E-state index in [0.717, 1.165) is 23.2 Å². The Balaban J connectivity index is 1.24. The number of fused-ring (bicyclic) bond motifs is 1. The summed E-state index contributed by atoms with van der Waals surface area (Å²) in [6.45, 7) is 10.6. The molecule has 0 saturated heterocycles. The molecule has 13 heteroatoms. The lowest BCUT2D eigenvalue weighted by Crippen LogP contribution is -2.40. The van der Waals surface area contributed by atoms with E-state index >= 15 is 0 Å². The molecule has 3 aromatic rings. The Morgan fingerprint density at radius 3 is 2.29 bits per heavy atom. The van der Waals surface area contributed by atoms with Crippen LogP contribution < -0.4 is 14.8 Å². The molecule has 2 aliphatic carbocycles. The van der Waals surface area contributed by atoms with Gasteiger partial charge >= 0.3 is 12.1 Å². The third kappa shape index (κ3) is 7.75. The summed E-state index contributed by atoms with van der Waals surface area (Å²) in [5.74, 6) is 0.0948.